The minimum absolute atomic E-state index is 0.0920. The van der Waals surface area contributed by atoms with Crippen molar-refractivity contribution in [2.24, 2.45) is 5.11 Å². The summed E-state index contributed by atoms with van der Waals surface area (Å²) in [4.78, 5) is 13.1. The second-order valence-corrected chi connectivity index (χ2v) is 2.74. The Kier molecular flexibility index (Phi) is 2.90. The molecule has 0 unspecified atom stereocenters. The van der Waals surface area contributed by atoms with E-state index in [9.17, 15) is 4.79 Å². The van der Waals surface area contributed by atoms with E-state index in [4.69, 9.17) is 10.6 Å². The normalized spacial score (nSPS) is 29.0. The highest BCUT2D eigenvalue weighted by atomic mass is 16.4. The van der Waals surface area contributed by atoms with Crippen molar-refractivity contribution in [2.45, 2.75) is 24.9 Å². The van der Waals surface area contributed by atoms with E-state index in [-0.39, 0.29) is 6.04 Å². The summed E-state index contributed by atoms with van der Waals surface area (Å²) in [7, 11) is 0. The van der Waals surface area contributed by atoms with Crippen molar-refractivity contribution in [3.8, 4) is 0 Å². The number of hydrogen-bond acceptors (Lipinski definition) is 3. The number of rotatable bonds is 2. The third kappa shape index (κ3) is 2.11. The van der Waals surface area contributed by atoms with Gasteiger partial charge in [0, 0.05) is 17.5 Å². The van der Waals surface area contributed by atoms with E-state index < -0.39 is 12.0 Å². The summed E-state index contributed by atoms with van der Waals surface area (Å²) in [5, 5.41) is 14.9. The van der Waals surface area contributed by atoms with Gasteiger partial charge in [-0.3, -0.25) is 4.79 Å². The number of nitrogens with one attached hydrogen (secondary N) is 1. The molecule has 1 aliphatic heterocycles. The Hall–Kier alpha value is -1.26. The molecule has 0 aliphatic carbocycles. The highest BCUT2D eigenvalue weighted by molar-refractivity contribution is 5.73. The molecule has 0 amide bonds. The maximum Gasteiger partial charge on any atom is 0.320 e. The summed E-state index contributed by atoms with van der Waals surface area (Å²) in [5.41, 5.74) is 8.11. The van der Waals surface area contributed by atoms with E-state index in [1.807, 2.05) is 0 Å². The number of piperidine rings is 1. The van der Waals surface area contributed by atoms with Crippen LogP contribution in [-0.4, -0.2) is 29.7 Å². The van der Waals surface area contributed by atoms with Gasteiger partial charge in [-0.1, -0.05) is 5.11 Å². The van der Waals surface area contributed by atoms with Crippen LogP contribution in [0.4, 0.5) is 0 Å². The number of hydrogen-bond donors (Lipinski definition) is 2. The Morgan fingerprint density at radius 1 is 1.67 bits per heavy atom. The van der Waals surface area contributed by atoms with Crippen LogP contribution in [0.5, 0.6) is 0 Å². The van der Waals surface area contributed by atoms with E-state index >= 15 is 0 Å². The second kappa shape index (κ2) is 3.94. The number of carboxylic acids is 1. The molecule has 0 aromatic carbocycles. The molecule has 1 heterocycles. The monoisotopic (exact) mass is 170 g/mol. The van der Waals surface area contributed by atoms with Gasteiger partial charge in [-0.2, -0.15) is 0 Å². The summed E-state index contributed by atoms with van der Waals surface area (Å²) in [6.07, 6.45) is 1.17. The molecule has 6 heteroatoms. The first kappa shape index (κ1) is 8.83. The van der Waals surface area contributed by atoms with Crippen molar-refractivity contribution < 1.29 is 9.90 Å². The van der Waals surface area contributed by atoms with Gasteiger partial charge in [0.25, 0.3) is 0 Å². The van der Waals surface area contributed by atoms with Crippen molar-refractivity contribution in [3.05, 3.63) is 10.4 Å². The average Bonchev–Trinajstić information content (AvgIpc) is 2.06. The summed E-state index contributed by atoms with van der Waals surface area (Å²) in [6, 6.07) is -0.569. The van der Waals surface area contributed by atoms with Crippen LogP contribution in [0.15, 0.2) is 5.11 Å². The zero-order chi connectivity index (χ0) is 8.97. The Bertz CT molecular complexity index is 206. The lowest BCUT2D eigenvalue weighted by atomic mass is 10.0. The number of carbonyl (C=O) groups is 1. The Balaban J connectivity index is 2.39. The summed E-state index contributed by atoms with van der Waals surface area (Å²) < 4.78 is 0. The molecule has 0 bridgehead atoms. The first-order valence-corrected chi connectivity index (χ1v) is 3.74. The standard InChI is InChI=1S/C6H10N4O2/c7-10-9-4-1-2-5(6(11)12)8-3-4/h4-5,8H,1-3H2,(H,11,12)/t4-,5-/m1/s1. The lowest BCUT2D eigenvalue weighted by Crippen LogP contribution is -2.45. The van der Waals surface area contributed by atoms with Gasteiger partial charge in [0.05, 0.1) is 0 Å². The number of nitrogens with zero attached hydrogens (tertiary/aromatic N) is 3. The van der Waals surface area contributed by atoms with E-state index in [1.165, 1.54) is 0 Å². The molecule has 0 aromatic rings. The number of aliphatic carboxylic acids is 1. The summed E-state index contributed by atoms with van der Waals surface area (Å²) in [6.45, 7) is 0.459. The lowest BCUT2D eigenvalue weighted by molar-refractivity contribution is -0.140. The van der Waals surface area contributed by atoms with Crippen LogP contribution < -0.4 is 5.32 Å². The molecule has 1 aliphatic rings. The quantitative estimate of drug-likeness (QED) is 0.358. The van der Waals surface area contributed by atoms with Crippen LogP contribution in [0.2, 0.25) is 0 Å². The van der Waals surface area contributed by atoms with Crippen molar-refractivity contribution in [2.75, 3.05) is 6.54 Å². The van der Waals surface area contributed by atoms with Gasteiger partial charge in [0.15, 0.2) is 0 Å². The van der Waals surface area contributed by atoms with Crippen LogP contribution >= 0.6 is 0 Å². The van der Waals surface area contributed by atoms with E-state index in [1.54, 1.807) is 0 Å². The molecule has 6 nitrogen and oxygen atoms in total. The van der Waals surface area contributed by atoms with E-state index in [0.29, 0.717) is 19.4 Å². The third-order valence-corrected chi connectivity index (χ3v) is 1.90. The average molecular weight is 170 g/mol. The molecule has 12 heavy (non-hydrogen) atoms. The lowest BCUT2D eigenvalue weighted by Gasteiger charge is -2.23. The fourth-order valence-corrected chi connectivity index (χ4v) is 1.22. The van der Waals surface area contributed by atoms with E-state index in [2.05, 4.69) is 15.3 Å². The van der Waals surface area contributed by atoms with Gasteiger partial charge in [-0.25, -0.2) is 0 Å². The van der Waals surface area contributed by atoms with Gasteiger partial charge in [-0.15, -0.1) is 0 Å². The highest BCUT2D eigenvalue weighted by Crippen LogP contribution is 2.11. The molecule has 1 saturated heterocycles. The smallest absolute Gasteiger partial charge is 0.320 e. The fourth-order valence-electron chi connectivity index (χ4n) is 1.22. The van der Waals surface area contributed by atoms with Gasteiger partial charge in [0.1, 0.15) is 6.04 Å². The molecule has 1 rings (SSSR count). The third-order valence-electron chi connectivity index (χ3n) is 1.90. The second-order valence-electron chi connectivity index (χ2n) is 2.74. The minimum Gasteiger partial charge on any atom is -0.480 e. The molecule has 66 valence electrons. The molecule has 0 spiro atoms. The molecule has 0 saturated carbocycles. The fraction of sp³-hybridized carbons (Fsp3) is 0.833. The van der Waals surface area contributed by atoms with Gasteiger partial charge >= 0.3 is 5.97 Å². The topological polar surface area (TPSA) is 98.1 Å². The van der Waals surface area contributed by atoms with Crippen molar-refractivity contribution in [1.29, 1.82) is 0 Å². The van der Waals surface area contributed by atoms with Gasteiger partial charge in [0.2, 0.25) is 0 Å². The van der Waals surface area contributed by atoms with Crippen molar-refractivity contribution >= 4 is 5.97 Å². The highest BCUT2D eigenvalue weighted by Gasteiger charge is 2.24. The van der Waals surface area contributed by atoms with Crippen LogP contribution in [0.3, 0.4) is 0 Å². The predicted molar refractivity (Wildman–Crippen MR) is 41.6 cm³/mol. The van der Waals surface area contributed by atoms with Crippen LogP contribution in [0.1, 0.15) is 12.8 Å². The van der Waals surface area contributed by atoms with Gasteiger partial charge < -0.3 is 10.4 Å². The van der Waals surface area contributed by atoms with Crippen LogP contribution in [0, 0.1) is 0 Å². The van der Waals surface area contributed by atoms with Crippen LogP contribution in [-0.2, 0) is 4.79 Å². The summed E-state index contributed by atoms with van der Waals surface area (Å²) >= 11 is 0. The van der Waals surface area contributed by atoms with E-state index in [0.717, 1.165) is 0 Å². The van der Waals surface area contributed by atoms with Gasteiger partial charge in [-0.05, 0) is 18.4 Å². The largest absolute Gasteiger partial charge is 0.480 e. The molecular weight excluding hydrogens is 160 g/mol. The predicted octanol–water partition coefficient (Wildman–Crippen LogP) is 0.502. The molecule has 1 fully saturated rings. The van der Waals surface area contributed by atoms with Crippen molar-refractivity contribution in [1.82, 2.24) is 5.32 Å². The Morgan fingerprint density at radius 2 is 2.42 bits per heavy atom. The molecule has 2 atom stereocenters. The zero-order valence-corrected chi connectivity index (χ0v) is 6.47. The number of azide groups is 1. The minimum atomic E-state index is -0.839. The number of carboxylic acid groups (broad SMARTS) is 1. The molecule has 0 radical (unpaired) electrons. The maximum absolute atomic E-state index is 10.5. The maximum atomic E-state index is 10.5. The first-order valence-electron chi connectivity index (χ1n) is 3.74. The zero-order valence-electron chi connectivity index (χ0n) is 6.47. The Labute approximate surface area is 69.2 Å². The first-order chi connectivity index (χ1) is 5.74. The summed E-state index contributed by atoms with van der Waals surface area (Å²) in [5.74, 6) is -0.839. The SMILES string of the molecule is [N-]=[N+]=N[C@@H]1CC[C@H](C(=O)O)NC1. The molecule has 2 N–H and O–H groups in total. The molecule has 0 aromatic heterocycles. The molecular formula is C6H10N4O2. The van der Waals surface area contributed by atoms with Crippen LogP contribution in [0.25, 0.3) is 10.4 Å². The van der Waals surface area contributed by atoms with Crippen molar-refractivity contribution in [3.63, 3.8) is 0 Å². The Morgan fingerprint density at radius 3 is 2.83 bits per heavy atom.